The topological polar surface area (TPSA) is 8.17 Å². The first-order valence-corrected chi connectivity index (χ1v) is 7.34. The molecule has 2 aromatic rings. The summed E-state index contributed by atoms with van der Waals surface area (Å²) < 4.78 is 2.13. The smallest absolute Gasteiger partial charge is 0.0832 e. The molecule has 0 N–H and O–H groups in total. The van der Waals surface area contributed by atoms with E-state index in [9.17, 15) is 0 Å². The summed E-state index contributed by atoms with van der Waals surface area (Å²) in [6, 6.07) is 9.96. The Balaban J connectivity index is 1.92. The van der Waals surface area contributed by atoms with Gasteiger partial charge in [-0.15, -0.1) is 0 Å². The molecule has 100 valence electrons. The Morgan fingerprint density at radius 3 is 2.58 bits per heavy atom. The average Bonchev–Trinajstić information content (AvgIpc) is 3.05. The van der Waals surface area contributed by atoms with Crippen molar-refractivity contribution < 1.29 is 0 Å². The van der Waals surface area contributed by atoms with Crippen LogP contribution in [-0.4, -0.2) is 22.6 Å². The first kappa shape index (κ1) is 13.0. The Morgan fingerprint density at radius 2 is 1.79 bits per heavy atom. The normalized spacial score (nSPS) is 16.1. The van der Waals surface area contributed by atoms with Crippen molar-refractivity contribution in [3.8, 4) is 5.69 Å². The van der Waals surface area contributed by atoms with Gasteiger partial charge in [0, 0.05) is 18.4 Å². The van der Waals surface area contributed by atoms with E-state index in [1.807, 2.05) is 24.4 Å². The minimum atomic E-state index is 0.597. The van der Waals surface area contributed by atoms with Gasteiger partial charge in [0.2, 0.25) is 0 Å². The van der Waals surface area contributed by atoms with Gasteiger partial charge in [0.15, 0.2) is 0 Å². The lowest BCUT2D eigenvalue weighted by atomic mass is 10.3. The summed E-state index contributed by atoms with van der Waals surface area (Å²) in [7, 11) is 0. The van der Waals surface area contributed by atoms with Crippen LogP contribution in [0.1, 0.15) is 18.5 Å². The van der Waals surface area contributed by atoms with E-state index in [-0.39, 0.29) is 0 Å². The molecule has 1 aromatic carbocycles. The predicted molar refractivity (Wildman–Crippen MR) is 80.3 cm³/mol. The molecule has 4 heteroatoms. The van der Waals surface area contributed by atoms with Crippen molar-refractivity contribution in [1.82, 2.24) is 9.47 Å². The molecule has 0 bridgehead atoms. The number of benzene rings is 1. The second-order valence-corrected chi connectivity index (χ2v) is 5.71. The van der Waals surface area contributed by atoms with Gasteiger partial charge in [-0.1, -0.05) is 29.3 Å². The predicted octanol–water partition coefficient (Wildman–Crippen LogP) is 4.38. The molecule has 1 saturated heterocycles. The summed E-state index contributed by atoms with van der Waals surface area (Å²) in [6.07, 6.45) is 4.65. The highest BCUT2D eigenvalue weighted by atomic mass is 35.5. The second-order valence-electron chi connectivity index (χ2n) is 4.93. The fourth-order valence-corrected chi connectivity index (χ4v) is 3.02. The SMILES string of the molecule is Clc1cccc(-n2cccc2CN2CCCC2)c1Cl. The summed E-state index contributed by atoms with van der Waals surface area (Å²) in [6.45, 7) is 3.35. The van der Waals surface area contributed by atoms with Crippen LogP contribution in [0.4, 0.5) is 0 Å². The number of hydrogen-bond donors (Lipinski definition) is 0. The van der Waals surface area contributed by atoms with Crippen LogP contribution in [-0.2, 0) is 6.54 Å². The van der Waals surface area contributed by atoms with Gasteiger partial charge < -0.3 is 4.57 Å². The van der Waals surface area contributed by atoms with E-state index in [1.165, 1.54) is 31.6 Å². The molecule has 0 aliphatic carbocycles. The molecule has 1 aliphatic rings. The van der Waals surface area contributed by atoms with E-state index in [0.717, 1.165) is 12.2 Å². The Kier molecular flexibility index (Phi) is 3.83. The van der Waals surface area contributed by atoms with Crippen LogP contribution in [0.3, 0.4) is 0 Å². The third kappa shape index (κ3) is 2.66. The average molecular weight is 295 g/mol. The molecular formula is C15H16Cl2N2. The van der Waals surface area contributed by atoms with Crippen LogP contribution in [0.25, 0.3) is 5.69 Å². The van der Waals surface area contributed by atoms with Crippen molar-refractivity contribution in [3.05, 3.63) is 52.3 Å². The van der Waals surface area contributed by atoms with Gasteiger partial charge in [-0.3, -0.25) is 4.90 Å². The van der Waals surface area contributed by atoms with Crippen molar-refractivity contribution in [3.63, 3.8) is 0 Å². The molecule has 1 fully saturated rings. The number of nitrogens with zero attached hydrogens (tertiary/aromatic N) is 2. The number of halogens is 2. The first-order valence-electron chi connectivity index (χ1n) is 6.58. The van der Waals surface area contributed by atoms with Gasteiger partial charge in [-0.2, -0.15) is 0 Å². The number of likely N-dealkylation sites (tertiary alicyclic amines) is 1. The van der Waals surface area contributed by atoms with Crippen LogP contribution in [0.5, 0.6) is 0 Å². The van der Waals surface area contributed by atoms with Crippen LogP contribution in [0.15, 0.2) is 36.5 Å². The van der Waals surface area contributed by atoms with E-state index in [2.05, 4.69) is 21.6 Å². The largest absolute Gasteiger partial charge is 0.318 e. The Labute approximate surface area is 123 Å². The Bertz CT molecular complexity index is 571. The highest BCUT2D eigenvalue weighted by molar-refractivity contribution is 6.43. The van der Waals surface area contributed by atoms with Crippen molar-refractivity contribution in [1.29, 1.82) is 0 Å². The van der Waals surface area contributed by atoms with Gasteiger partial charge in [0.05, 0.1) is 15.7 Å². The molecule has 0 amide bonds. The molecule has 2 heterocycles. The zero-order valence-corrected chi connectivity index (χ0v) is 12.2. The highest BCUT2D eigenvalue weighted by Gasteiger charge is 2.15. The lowest BCUT2D eigenvalue weighted by Gasteiger charge is -2.17. The minimum Gasteiger partial charge on any atom is -0.318 e. The van der Waals surface area contributed by atoms with Crippen molar-refractivity contribution in [2.75, 3.05) is 13.1 Å². The highest BCUT2D eigenvalue weighted by Crippen LogP contribution is 2.29. The maximum absolute atomic E-state index is 6.31. The van der Waals surface area contributed by atoms with Crippen LogP contribution < -0.4 is 0 Å². The molecule has 0 atom stereocenters. The maximum Gasteiger partial charge on any atom is 0.0832 e. The fraction of sp³-hybridized carbons (Fsp3) is 0.333. The van der Waals surface area contributed by atoms with Crippen LogP contribution in [0.2, 0.25) is 10.0 Å². The van der Waals surface area contributed by atoms with Crippen molar-refractivity contribution in [2.45, 2.75) is 19.4 Å². The quantitative estimate of drug-likeness (QED) is 0.815. The van der Waals surface area contributed by atoms with Gasteiger partial charge in [0.25, 0.3) is 0 Å². The molecule has 1 aliphatic heterocycles. The summed E-state index contributed by atoms with van der Waals surface area (Å²) in [4.78, 5) is 2.48. The Morgan fingerprint density at radius 1 is 1.00 bits per heavy atom. The van der Waals surface area contributed by atoms with Crippen LogP contribution >= 0.6 is 23.2 Å². The van der Waals surface area contributed by atoms with Gasteiger partial charge in [-0.25, -0.2) is 0 Å². The molecule has 0 radical (unpaired) electrons. The molecule has 0 unspecified atom stereocenters. The van der Waals surface area contributed by atoms with E-state index >= 15 is 0 Å². The van der Waals surface area contributed by atoms with E-state index < -0.39 is 0 Å². The van der Waals surface area contributed by atoms with E-state index in [1.54, 1.807) is 0 Å². The number of hydrogen-bond acceptors (Lipinski definition) is 1. The minimum absolute atomic E-state index is 0.597. The third-order valence-corrected chi connectivity index (χ3v) is 4.42. The lowest BCUT2D eigenvalue weighted by Crippen LogP contribution is -2.20. The molecule has 0 saturated carbocycles. The number of aromatic nitrogens is 1. The molecule has 2 nitrogen and oxygen atoms in total. The molecule has 1 aromatic heterocycles. The molecular weight excluding hydrogens is 279 g/mol. The molecule has 0 spiro atoms. The van der Waals surface area contributed by atoms with Gasteiger partial charge >= 0.3 is 0 Å². The van der Waals surface area contributed by atoms with E-state index in [0.29, 0.717) is 10.0 Å². The first-order chi connectivity index (χ1) is 9.25. The Hall–Kier alpha value is -0.960. The summed E-state index contributed by atoms with van der Waals surface area (Å²) in [5.74, 6) is 0. The number of rotatable bonds is 3. The van der Waals surface area contributed by atoms with Gasteiger partial charge in [-0.05, 0) is 50.2 Å². The lowest BCUT2D eigenvalue weighted by molar-refractivity contribution is 0.325. The van der Waals surface area contributed by atoms with Crippen molar-refractivity contribution in [2.24, 2.45) is 0 Å². The van der Waals surface area contributed by atoms with Gasteiger partial charge in [0.1, 0.15) is 0 Å². The zero-order chi connectivity index (χ0) is 13.2. The molecule has 19 heavy (non-hydrogen) atoms. The second kappa shape index (κ2) is 5.58. The summed E-state index contributed by atoms with van der Waals surface area (Å²) >= 11 is 12.4. The maximum atomic E-state index is 6.31. The standard InChI is InChI=1S/C15H16Cl2N2/c16-13-6-3-7-14(15(13)17)19-10-4-5-12(19)11-18-8-1-2-9-18/h3-7,10H,1-2,8-9,11H2. The summed E-state index contributed by atoms with van der Waals surface area (Å²) in [5.41, 5.74) is 2.21. The van der Waals surface area contributed by atoms with E-state index in [4.69, 9.17) is 23.2 Å². The summed E-state index contributed by atoms with van der Waals surface area (Å²) in [5, 5.41) is 1.21. The zero-order valence-electron chi connectivity index (χ0n) is 10.6. The fourth-order valence-electron chi connectivity index (χ4n) is 2.63. The van der Waals surface area contributed by atoms with Crippen LogP contribution in [0, 0.1) is 0 Å². The monoisotopic (exact) mass is 294 g/mol. The van der Waals surface area contributed by atoms with Crippen molar-refractivity contribution >= 4 is 23.2 Å². The molecule has 3 rings (SSSR count). The third-order valence-electron chi connectivity index (χ3n) is 3.61.